The van der Waals surface area contributed by atoms with E-state index in [4.69, 9.17) is 18.8 Å². The summed E-state index contributed by atoms with van der Waals surface area (Å²) in [5, 5.41) is 4.67. The normalized spacial score (nSPS) is 17.8. The van der Waals surface area contributed by atoms with Gasteiger partial charge in [-0.05, 0) is 52.8 Å². The van der Waals surface area contributed by atoms with Crippen molar-refractivity contribution >= 4 is 18.2 Å². The van der Waals surface area contributed by atoms with Crippen molar-refractivity contribution < 1.29 is 18.8 Å². The van der Waals surface area contributed by atoms with Gasteiger partial charge in [0.15, 0.2) is 12.4 Å². The van der Waals surface area contributed by atoms with Crippen LogP contribution >= 0.6 is 0 Å². The SMILES string of the molecule is COCOc1cc(-c2ccc3nc(C)cn3n2)ccc1B1OC(C)(C)C(C)(C)O1. The van der Waals surface area contributed by atoms with Crippen molar-refractivity contribution in [3.8, 4) is 17.0 Å². The van der Waals surface area contributed by atoms with Gasteiger partial charge >= 0.3 is 7.12 Å². The van der Waals surface area contributed by atoms with E-state index in [1.165, 1.54) is 0 Å². The first-order valence-electron chi connectivity index (χ1n) is 9.65. The van der Waals surface area contributed by atoms with Gasteiger partial charge in [-0.1, -0.05) is 12.1 Å². The van der Waals surface area contributed by atoms with Crippen LogP contribution in [-0.2, 0) is 14.0 Å². The van der Waals surface area contributed by atoms with Gasteiger partial charge < -0.3 is 18.8 Å². The number of aromatic nitrogens is 3. The maximum atomic E-state index is 6.21. The molecule has 1 saturated heterocycles. The number of hydrogen-bond donors (Lipinski definition) is 0. The lowest BCUT2D eigenvalue weighted by Crippen LogP contribution is -2.41. The van der Waals surface area contributed by atoms with Gasteiger partial charge in [0.1, 0.15) is 5.75 Å². The van der Waals surface area contributed by atoms with Gasteiger partial charge in [0.25, 0.3) is 0 Å². The Morgan fingerprint density at radius 3 is 2.48 bits per heavy atom. The monoisotopic (exact) mass is 395 g/mol. The molecule has 3 aromatic rings. The third-order valence-corrected chi connectivity index (χ3v) is 5.59. The predicted octanol–water partition coefficient (Wildman–Crippen LogP) is 2.99. The predicted molar refractivity (Wildman–Crippen MR) is 111 cm³/mol. The Morgan fingerprint density at radius 1 is 1.07 bits per heavy atom. The van der Waals surface area contributed by atoms with Crippen molar-refractivity contribution in [2.24, 2.45) is 0 Å². The van der Waals surface area contributed by atoms with Gasteiger partial charge in [-0.2, -0.15) is 5.10 Å². The van der Waals surface area contributed by atoms with Crippen molar-refractivity contribution in [2.75, 3.05) is 13.9 Å². The van der Waals surface area contributed by atoms with Gasteiger partial charge in [0, 0.05) is 18.1 Å². The van der Waals surface area contributed by atoms with E-state index in [0.717, 1.165) is 28.1 Å². The lowest BCUT2D eigenvalue weighted by atomic mass is 9.78. The smallest absolute Gasteiger partial charge is 0.468 e. The van der Waals surface area contributed by atoms with Gasteiger partial charge in [0.2, 0.25) is 0 Å². The van der Waals surface area contributed by atoms with Crippen molar-refractivity contribution in [1.29, 1.82) is 0 Å². The number of ether oxygens (including phenoxy) is 2. The highest BCUT2D eigenvalue weighted by Crippen LogP contribution is 2.37. The highest BCUT2D eigenvalue weighted by molar-refractivity contribution is 6.63. The number of fused-ring (bicyclic) bond motifs is 1. The van der Waals surface area contributed by atoms with Crippen LogP contribution in [0.5, 0.6) is 5.75 Å². The zero-order valence-corrected chi connectivity index (χ0v) is 17.7. The van der Waals surface area contributed by atoms with E-state index >= 15 is 0 Å². The lowest BCUT2D eigenvalue weighted by Gasteiger charge is -2.32. The standard InChI is InChI=1S/C21H26BN3O4/c1-14-12-25-19(23-14)10-9-17(24-25)15-7-8-16(18(11-15)27-13-26-6)22-28-20(2,3)21(4,5)29-22/h7-12H,13H2,1-6H3. The van der Waals surface area contributed by atoms with Gasteiger partial charge in [-0.25, -0.2) is 9.50 Å². The second-order valence-electron chi connectivity index (χ2n) is 8.30. The van der Waals surface area contributed by atoms with E-state index in [1.807, 2.05) is 71.1 Å². The number of methoxy groups -OCH3 is 1. The summed E-state index contributed by atoms with van der Waals surface area (Å²) in [5.74, 6) is 0.645. The molecule has 4 rings (SSSR count). The van der Waals surface area contributed by atoms with Crippen LogP contribution in [0.3, 0.4) is 0 Å². The molecule has 0 N–H and O–H groups in total. The molecule has 2 aromatic heterocycles. The highest BCUT2D eigenvalue weighted by atomic mass is 16.7. The molecule has 0 bridgehead atoms. The van der Waals surface area contributed by atoms with E-state index in [2.05, 4.69) is 10.1 Å². The van der Waals surface area contributed by atoms with Crippen LogP contribution in [0.1, 0.15) is 33.4 Å². The van der Waals surface area contributed by atoms with E-state index < -0.39 is 18.3 Å². The third kappa shape index (κ3) is 3.63. The Balaban J connectivity index is 1.72. The molecule has 0 amide bonds. The summed E-state index contributed by atoms with van der Waals surface area (Å²) in [5.41, 5.74) is 3.44. The molecule has 0 atom stereocenters. The Labute approximate surface area is 171 Å². The van der Waals surface area contributed by atoms with Crippen LogP contribution in [0, 0.1) is 6.92 Å². The molecule has 1 fully saturated rings. The van der Waals surface area contributed by atoms with Crippen molar-refractivity contribution in [3.63, 3.8) is 0 Å². The lowest BCUT2D eigenvalue weighted by molar-refractivity contribution is 0.00578. The second-order valence-corrected chi connectivity index (χ2v) is 8.30. The maximum absolute atomic E-state index is 6.21. The fraction of sp³-hybridized carbons (Fsp3) is 0.429. The third-order valence-electron chi connectivity index (χ3n) is 5.59. The van der Waals surface area contributed by atoms with E-state index in [1.54, 1.807) is 11.6 Å². The maximum Gasteiger partial charge on any atom is 0.498 e. The fourth-order valence-corrected chi connectivity index (χ4v) is 3.26. The van der Waals surface area contributed by atoms with E-state index in [0.29, 0.717) is 5.75 Å². The summed E-state index contributed by atoms with van der Waals surface area (Å²) in [6.07, 6.45) is 1.90. The molecular weight excluding hydrogens is 369 g/mol. The topological polar surface area (TPSA) is 67.1 Å². The zero-order chi connectivity index (χ0) is 20.8. The number of nitrogens with zero attached hydrogens (tertiary/aromatic N) is 3. The molecule has 1 aliphatic rings. The van der Waals surface area contributed by atoms with Crippen LogP contribution < -0.4 is 10.2 Å². The van der Waals surface area contributed by atoms with E-state index in [-0.39, 0.29) is 6.79 Å². The van der Waals surface area contributed by atoms with Gasteiger partial charge in [-0.3, -0.25) is 0 Å². The molecule has 1 aromatic carbocycles. The molecule has 8 heteroatoms. The van der Waals surface area contributed by atoms with Crippen LogP contribution in [0.15, 0.2) is 36.5 Å². The number of aryl methyl sites for hydroxylation is 1. The number of benzene rings is 1. The number of rotatable bonds is 5. The Kier molecular flexibility index (Phi) is 4.89. The molecule has 29 heavy (non-hydrogen) atoms. The first kappa shape index (κ1) is 19.9. The minimum absolute atomic E-state index is 0.128. The van der Waals surface area contributed by atoms with Crippen molar-refractivity contribution in [2.45, 2.75) is 45.8 Å². The molecule has 0 saturated carbocycles. The molecule has 0 aliphatic carbocycles. The van der Waals surface area contributed by atoms with Gasteiger partial charge in [-0.15, -0.1) is 0 Å². The Bertz CT molecular complexity index is 1030. The number of hydrogen-bond acceptors (Lipinski definition) is 6. The van der Waals surface area contributed by atoms with Crippen molar-refractivity contribution in [3.05, 3.63) is 42.2 Å². The molecule has 3 heterocycles. The molecule has 0 radical (unpaired) electrons. The van der Waals surface area contributed by atoms with Gasteiger partial charge in [0.05, 0.1) is 28.8 Å². The Hall–Kier alpha value is -2.42. The summed E-state index contributed by atoms with van der Waals surface area (Å²) < 4.78 is 25.2. The van der Waals surface area contributed by atoms with Crippen LogP contribution in [0.4, 0.5) is 0 Å². The molecule has 0 spiro atoms. The molecular formula is C21H26BN3O4. The largest absolute Gasteiger partial charge is 0.498 e. The summed E-state index contributed by atoms with van der Waals surface area (Å²) in [4.78, 5) is 4.43. The summed E-state index contributed by atoms with van der Waals surface area (Å²) in [6.45, 7) is 10.2. The molecule has 7 nitrogen and oxygen atoms in total. The quantitative estimate of drug-likeness (QED) is 0.489. The fourth-order valence-electron chi connectivity index (χ4n) is 3.26. The summed E-state index contributed by atoms with van der Waals surface area (Å²) in [7, 11) is 1.07. The molecule has 1 aliphatic heterocycles. The van der Waals surface area contributed by atoms with Crippen molar-refractivity contribution in [1.82, 2.24) is 14.6 Å². The summed E-state index contributed by atoms with van der Waals surface area (Å²) >= 11 is 0. The molecule has 0 unspecified atom stereocenters. The number of imidazole rings is 1. The van der Waals surface area contributed by atoms with Crippen LogP contribution in [-0.4, -0.2) is 46.8 Å². The zero-order valence-electron chi connectivity index (χ0n) is 17.7. The van der Waals surface area contributed by atoms with Crippen LogP contribution in [0.2, 0.25) is 0 Å². The first-order valence-corrected chi connectivity index (χ1v) is 9.65. The average molecular weight is 395 g/mol. The average Bonchev–Trinajstić information content (AvgIpc) is 3.13. The first-order chi connectivity index (χ1) is 13.7. The van der Waals surface area contributed by atoms with E-state index in [9.17, 15) is 0 Å². The molecule has 152 valence electrons. The second kappa shape index (κ2) is 7.13. The summed E-state index contributed by atoms with van der Waals surface area (Å²) in [6, 6.07) is 9.81. The highest BCUT2D eigenvalue weighted by Gasteiger charge is 2.52. The minimum atomic E-state index is -0.521. The van der Waals surface area contributed by atoms with Crippen LogP contribution in [0.25, 0.3) is 16.9 Å². The minimum Gasteiger partial charge on any atom is -0.468 e. The Morgan fingerprint density at radius 2 is 1.79 bits per heavy atom.